The van der Waals surface area contributed by atoms with Crippen molar-refractivity contribution in [3.05, 3.63) is 53.9 Å². The number of hydrogen-bond acceptors (Lipinski definition) is 4. The van der Waals surface area contributed by atoms with Gasteiger partial charge in [-0.1, -0.05) is 18.2 Å². The van der Waals surface area contributed by atoms with E-state index in [-0.39, 0.29) is 18.1 Å². The molecule has 0 fully saturated rings. The molecule has 2 rings (SSSR count). The third-order valence-corrected chi connectivity index (χ3v) is 2.39. The lowest BCUT2D eigenvalue weighted by Crippen LogP contribution is -2.14. The van der Waals surface area contributed by atoms with Gasteiger partial charge in [0.05, 0.1) is 6.61 Å². The Morgan fingerprint density at radius 3 is 2.67 bits per heavy atom. The number of nitrogens with one attached hydrogen (secondary N) is 1. The average Bonchev–Trinajstić information content (AvgIpc) is 2.40. The van der Waals surface area contributed by atoms with Crippen molar-refractivity contribution in [3.63, 3.8) is 0 Å². The Hall–Kier alpha value is -2.40. The molecule has 0 aliphatic carbocycles. The molecule has 5 heteroatoms. The summed E-state index contributed by atoms with van der Waals surface area (Å²) in [6.07, 6.45) is 1.54. The molecule has 4 N–H and O–H groups in total. The molecule has 1 heterocycles. The van der Waals surface area contributed by atoms with E-state index in [0.717, 1.165) is 0 Å². The summed E-state index contributed by atoms with van der Waals surface area (Å²) in [5, 5.41) is 16.6. The van der Waals surface area contributed by atoms with Crippen molar-refractivity contribution in [3.8, 4) is 11.5 Å². The van der Waals surface area contributed by atoms with E-state index in [1.165, 1.54) is 0 Å². The van der Waals surface area contributed by atoms with Crippen LogP contribution < -0.4 is 10.5 Å². The number of nitrogens with zero attached hydrogens (tertiary/aromatic N) is 1. The van der Waals surface area contributed by atoms with Gasteiger partial charge in [0.25, 0.3) is 0 Å². The number of hydrogen-bond donors (Lipinski definition) is 3. The van der Waals surface area contributed by atoms with Crippen LogP contribution in [0, 0.1) is 5.41 Å². The molecule has 0 aliphatic rings. The summed E-state index contributed by atoms with van der Waals surface area (Å²) < 4.78 is 5.65. The topological polar surface area (TPSA) is 92.2 Å². The van der Waals surface area contributed by atoms with Crippen LogP contribution in [0.3, 0.4) is 0 Å². The molecular weight excluding hydrogens is 230 g/mol. The minimum absolute atomic E-state index is 0.119. The molecular formula is C13H13N3O2. The van der Waals surface area contributed by atoms with Crippen LogP contribution in [-0.4, -0.2) is 15.9 Å². The summed E-state index contributed by atoms with van der Waals surface area (Å²) in [7, 11) is 0. The minimum atomic E-state index is -0.160. The molecule has 0 atom stereocenters. The Kier molecular flexibility index (Phi) is 3.54. The maximum atomic E-state index is 9.21. The molecule has 0 aliphatic heterocycles. The van der Waals surface area contributed by atoms with Crippen molar-refractivity contribution >= 4 is 5.84 Å². The SMILES string of the molecule is N=C(N)c1ncccc1Oc1ccccc1CO. The largest absolute Gasteiger partial charge is 0.455 e. The van der Waals surface area contributed by atoms with E-state index in [1.54, 1.807) is 36.5 Å². The average molecular weight is 243 g/mol. The van der Waals surface area contributed by atoms with E-state index in [4.69, 9.17) is 15.9 Å². The highest BCUT2D eigenvalue weighted by Crippen LogP contribution is 2.26. The summed E-state index contributed by atoms with van der Waals surface area (Å²) in [4.78, 5) is 3.99. The summed E-state index contributed by atoms with van der Waals surface area (Å²) in [6, 6.07) is 10.5. The molecule has 0 saturated carbocycles. The van der Waals surface area contributed by atoms with Gasteiger partial charge in [-0.3, -0.25) is 5.41 Å². The van der Waals surface area contributed by atoms with Gasteiger partial charge in [-0.25, -0.2) is 4.98 Å². The molecule has 0 amide bonds. The summed E-state index contributed by atoms with van der Waals surface area (Å²) in [5.74, 6) is 0.758. The smallest absolute Gasteiger partial charge is 0.156 e. The Morgan fingerprint density at radius 2 is 1.94 bits per heavy atom. The van der Waals surface area contributed by atoms with Crippen molar-refractivity contribution < 1.29 is 9.84 Å². The Labute approximate surface area is 104 Å². The molecule has 0 bridgehead atoms. The molecule has 0 spiro atoms. The quantitative estimate of drug-likeness (QED) is 0.562. The molecule has 5 nitrogen and oxygen atoms in total. The second-order valence-corrected chi connectivity index (χ2v) is 3.63. The van der Waals surface area contributed by atoms with Gasteiger partial charge in [0.2, 0.25) is 0 Å². The van der Waals surface area contributed by atoms with Crippen LogP contribution >= 0.6 is 0 Å². The second-order valence-electron chi connectivity index (χ2n) is 3.63. The number of rotatable bonds is 4. The third-order valence-electron chi connectivity index (χ3n) is 2.39. The van der Waals surface area contributed by atoms with Gasteiger partial charge < -0.3 is 15.6 Å². The van der Waals surface area contributed by atoms with Gasteiger partial charge in [-0.05, 0) is 18.2 Å². The Bertz CT molecular complexity index is 570. The van der Waals surface area contributed by atoms with Gasteiger partial charge in [0.15, 0.2) is 5.75 Å². The van der Waals surface area contributed by atoms with Gasteiger partial charge in [-0.2, -0.15) is 0 Å². The number of pyridine rings is 1. The number of ether oxygens (including phenoxy) is 1. The fourth-order valence-corrected chi connectivity index (χ4v) is 1.53. The van der Waals surface area contributed by atoms with Crippen molar-refractivity contribution in [1.29, 1.82) is 5.41 Å². The molecule has 1 aromatic carbocycles. The molecule has 1 aromatic heterocycles. The molecule has 92 valence electrons. The number of aliphatic hydroxyl groups is 1. The lowest BCUT2D eigenvalue weighted by Gasteiger charge is -2.11. The van der Waals surface area contributed by atoms with Crippen molar-refractivity contribution in [1.82, 2.24) is 4.98 Å². The standard InChI is InChI=1S/C13H13N3O2/c14-13(15)12-11(6-3-7-16-12)18-10-5-2-1-4-9(10)8-17/h1-7,17H,8H2,(H3,14,15). The molecule has 0 saturated heterocycles. The number of amidine groups is 1. The predicted molar refractivity (Wildman–Crippen MR) is 67.7 cm³/mol. The molecule has 0 radical (unpaired) electrons. The van der Waals surface area contributed by atoms with Gasteiger partial charge >= 0.3 is 0 Å². The Balaban J connectivity index is 2.37. The van der Waals surface area contributed by atoms with Crippen LogP contribution in [0.5, 0.6) is 11.5 Å². The summed E-state index contributed by atoms with van der Waals surface area (Å²) >= 11 is 0. The minimum Gasteiger partial charge on any atom is -0.455 e. The second kappa shape index (κ2) is 5.29. The van der Waals surface area contributed by atoms with Crippen molar-refractivity contribution in [2.24, 2.45) is 5.73 Å². The van der Waals surface area contributed by atoms with E-state index < -0.39 is 0 Å². The molecule has 18 heavy (non-hydrogen) atoms. The van der Waals surface area contributed by atoms with Crippen LogP contribution in [0.1, 0.15) is 11.3 Å². The fourth-order valence-electron chi connectivity index (χ4n) is 1.53. The zero-order valence-electron chi connectivity index (χ0n) is 9.63. The van der Waals surface area contributed by atoms with E-state index in [2.05, 4.69) is 4.98 Å². The number of aliphatic hydroxyl groups excluding tert-OH is 1. The van der Waals surface area contributed by atoms with Crippen LogP contribution in [0.4, 0.5) is 0 Å². The Morgan fingerprint density at radius 1 is 1.22 bits per heavy atom. The third kappa shape index (κ3) is 2.46. The van der Waals surface area contributed by atoms with Gasteiger partial charge in [-0.15, -0.1) is 0 Å². The maximum absolute atomic E-state index is 9.21. The lowest BCUT2D eigenvalue weighted by atomic mass is 10.2. The first-order valence-electron chi connectivity index (χ1n) is 5.38. The number of para-hydroxylation sites is 1. The predicted octanol–water partition coefficient (Wildman–Crippen LogP) is 1.65. The number of nitrogen functional groups attached to an aromatic ring is 1. The van der Waals surface area contributed by atoms with Gasteiger partial charge in [0, 0.05) is 11.8 Å². The summed E-state index contributed by atoms with van der Waals surface area (Å²) in [5.41, 5.74) is 6.38. The highest BCUT2D eigenvalue weighted by Gasteiger charge is 2.10. The monoisotopic (exact) mass is 243 g/mol. The summed E-state index contributed by atoms with van der Waals surface area (Å²) in [6.45, 7) is -0.119. The number of nitrogens with two attached hydrogens (primary N) is 1. The van der Waals surface area contributed by atoms with E-state index in [1.807, 2.05) is 6.07 Å². The first kappa shape index (κ1) is 12.1. The first-order valence-corrected chi connectivity index (χ1v) is 5.38. The highest BCUT2D eigenvalue weighted by molar-refractivity contribution is 5.95. The van der Waals surface area contributed by atoms with Crippen molar-refractivity contribution in [2.75, 3.05) is 0 Å². The molecule has 0 unspecified atom stereocenters. The van der Waals surface area contributed by atoms with E-state index in [0.29, 0.717) is 17.1 Å². The normalized spacial score (nSPS) is 10.1. The lowest BCUT2D eigenvalue weighted by molar-refractivity contribution is 0.276. The van der Waals surface area contributed by atoms with E-state index in [9.17, 15) is 5.11 Å². The first-order chi connectivity index (χ1) is 8.72. The van der Waals surface area contributed by atoms with Gasteiger partial charge in [0.1, 0.15) is 17.3 Å². The molecule has 2 aromatic rings. The fraction of sp³-hybridized carbons (Fsp3) is 0.0769. The van der Waals surface area contributed by atoms with Crippen LogP contribution in [0.15, 0.2) is 42.6 Å². The number of benzene rings is 1. The highest BCUT2D eigenvalue weighted by atomic mass is 16.5. The van der Waals surface area contributed by atoms with Crippen LogP contribution in [0.2, 0.25) is 0 Å². The van der Waals surface area contributed by atoms with Crippen LogP contribution in [-0.2, 0) is 6.61 Å². The van der Waals surface area contributed by atoms with E-state index >= 15 is 0 Å². The zero-order chi connectivity index (χ0) is 13.0. The maximum Gasteiger partial charge on any atom is 0.156 e. The van der Waals surface area contributed by atoms with Crippen molar-refractivity contribution in [2.45, 2.75) is 6.61 Å². The zero-order valence-corrected chi connectivity index (χ0v) is 9.63. The van der Waals surface area contributed by atoms with Crippen LogP contribution in [0.25, 0.3) is 0 Å². The number of aromatic nitrogens is 1.